The van der Waals surface area contributed by atoms with Crippen molar-refractivity contribution in [2.75, 3.05) is 11.4 Å². The highest BCUT2D eigenvalue weighted by Gasteiger charge is 2.41. The van der Waals surface area contributed by atoms with Crippen molar-refractivity contribution in [1.29, 1.82) is 5.41 Å². The summed E-state index contributed by atoms with van der Waals surface area (Å²) in [4.78, 5) is 28.3. The van der Waals surface area contributed by atoms with E-state index in [1.165, 1.54) is 0 Å². The number of halogens is 1. The number of carbonyl (C=O) groups excluding carboxylic acids is 2. The van der Waals surface area contributed by atoms with Gasteiger partial charge < -0.3 is 14.0 Å². The van der Waals surface area contributed by atoms with E-state index >= 15 is 0 Å². The number of Topliss-reactive ketones (excluding diaryl/α,β-unsaturated/α-hetero) is 1. The first kappa shape index (κ1) is 28.6. The van der Waals surface area contributed by atoms with Crippen molar-refractivity contribution in [3.05, 3.63) is 94.6 Å². The third-order valence-corrected chi connectivity index (χ3v) is 7.63. The molecular weight excluding hydrogens is 552 g/mol. The number of ketones is 1. The average molecular weight is 590 g/mol. The number of anilines is 1. The normalized spacial score (nSPS) is 14.3. The molecule has 7 heteroatoms. The molecule has 0 aliphatic carbocycles. The lowest BCUT2D eigenvalue weighted by molar-refractivity contribution is -0.116. The highest BCUT2D eigenvalue weighted by molar-refractivity contribution is 8.93. The summed E-state index contributed by atoms with van der Waals surface area (Å²) in [7, 11) is 0. The van der Waals surface area contributed by atoms with E-state index < -0.39 is 0 Å². The molecule has 204 valence electrons. The van der Waals surface area contributed by atoms with Gasteiger partial charge in [-0.25, -0.2) is 0 Å². The van der Waals surface area contributed by atoms with Gasteiger partial charge in [-0.05, 0) is 46.4 Å². The lowest BCUT2D eigenvalue weighted by Crippen LogP contribution is -2.33. The van der Waals surface area contributed by atoms with Crippen LogP contribution in [0.1, 0.15) is 68.6 Å². The van der Waals surface area contributed by atoms with Crippen LogP contribution in [0.15, 0.2) is 66.7 Å². The highest BCUT2D eigenvalue weighted by Crippen LogP contribution is 2.46. The summed E-state index contributed by atoms with van der Waals surface area (Å²) in [6.07, 6.45) is 0. The van der Waals surface area contributed by atoms with Crippen LogP contribution in [-0.2, 0) is 28.7 Å². The molecule has 0 fully saturated rings. The summed E-state index contributed by atoms with van der Waals surface area (Å²) in [5, 5.41) is 9.01. The molecule has 4 aromatic rings. The SMILES string of the molecule is Br.CC(=O)N1CC(C)(C)c2cc(C(=O)Cn3c(=N)n(Cc4ccccc4)c4ccccc43)cc(C(C)(C)C)c21. The number of rotatable bonds is 5. The molecule has 3 aromatic carbocycles. The number of aromatic nitrogens is 2. The third-order valence-electron chi connectivity index (χ3n) is 7.63. The number of nitrogens with one attached hydrogen (secondary N) is 1. The molecule has 0 atom stereocenters. The van der Waals surface area contributed by atoms with Gasteiger partial charge in [-0.1, -0.05) is 77.1 Å². The molecular formula is C32H37BrN4O2. The maximum Gasteiger partial charge on any atom is 0.223 e. The highest BCUT2D eigenvalue weighted by atomic mass is 79.9. The Kier molecular flexibility index (Phi) is 7.52. The molecule has 39 heavy (non-hydrogen) atoms. The van der Waals surface area contributed by atoms with Crippen LogP contribution < -0.4 is 10.5 Å². The molecule has 0 spiro atoms. The second kappa shape index (κ2) is 10.3. The molecule has 6 nitrogen and oxygen atoms in total. The molecule has 1 aromatic heterocycles. The number of para-hydroxylation sites is 2. The van der Waals surface area contributed by atoms with Gasteiger partial charge in [0, 0.05) is 24.4 Å². The molecule has 1 amide bonds. The Morgan fingerprint density at radius 1 is 0.923 bits per heavy atom. The van der Waals surface area contributed by atoms with Gasteiger partial charge in [-0.15, -0.1) is 17.0 Å². The van der Waals surface area contributed by atoms with E-state index in [2.05, 4.69) is 34.6 Å². The summed E-state index contributed by atoms with van der Waals surface area (Å²) in [6, 6.07) is 21.9. The molecule has 0 saturated heterocycles. The minimum Gasteiger partial charge on any atom is -0.311 e. The molecule has 1 aliphatic heterocycles. The van der Waals surface area contributed by atoms with Crippen molar-refractivity contribution in [3.8, 4) is 0 Å². The lowest BCUT2D eigenvalue weighted by Gasteiger charge is -2.27. The number of fused-ring (bicyclic) bond motifs is 2. The number of benzene rings is 3. The van der Waals surface area contributed by atoms with Crippen molar-refractivity contribution in [2.24, 2.45) is 0 Å². The Morgan fingerprint density at radius 3 is 2.10 bits per heavy atom. The van der Waals surface area contributed by atoms with Crippen LogP contribution >= 0.6 is 17.0 Å². The Hall–Kier alpha value is -3.45. The largest absolute Gasteiger partial charge is 0.311 e. The first-order valence-electron chi connectivity index (χ1n) is 13.2. The van der Waals surface area contributed by atoms with Gasteiger partial charge in [-0.2, -0.15) is 0 Å². The Bertz CT molecular complexity index is 1620. The van der Waals surface area contributed by atoms with Gasteiger partial charge in [0.05, 0.1) is 29.8 Å². The predicted octanol–water partition coefficient (Wildman–Crippen LogP) is 6.37. The molecule has 0 bridgehead atoms. The van der Waals surface area contributed by atoms with E-state index in [9.17, 15) is 9.59 Å². The summed E-state index contributed by atoms with van der Waals surface area (Å²) in [5.41, 5.74) is 6.27. The van der Waals surface area contributed by atoms with Crippen LogP contribution in [0.5, 0.6) is 0 Å². The molecule has 0 radical (unpaired) electrons. The number of hydrogen-bond acceptors (Lipinski definition) is 3. The molecule has 5 rings (SSSR count). The van der Waals surface area contributed by atoms with Crippen LogP contribution in [-0.4, -0.2) is 27.4 Å². The third kappa shape index (κ3) is 5.12. The smallest absolute Gasteiger partial charge is 0.223 e. The van der Waals surface area contributed by atoms with Crippen molar-refractivity contribution in [2.45, 2.75) is 65.5 Å². The van der Waals surface area contributed by atoms with E-state index in [0.717, 1.165) is 33.4 Å². The van der Waals surface area contributed by atoms with E-state index in [4.69, 9.17) is 5.41 Å². The standard InChI is InChI=1S/C32H36N4O2.BrH/c1-21(37)36-20-32(5,6)25-17-23(16-24(29(25)36)31(2,3)4)28(38)19-35-27-15-11-10-14-26(27)34(30(35)33)18-22-12-8-7-9-13-22;/h7-17,33H,18-20H2,1-6H3;1H. The fourth-order valence-electron chi connectivity index (χ4n) is 5.62. The minimum atomic E-state index is -0.267. The van der Waals surface area contributed by atoms with Gasteiger partial charge in [0.2, 0.25) is 11.5 Å². The van der Waals surface area contributed by atoms with Gasteiger partial charge in [0.15, 0.2) is 5.78 Å². The Labute approximate surface area is 240 Å². The minimum absolute atomic E-state index is 0. The van der Waals surface area contributed by atoms with Crippen LogP contribution in [0.3, 0.4) is 0 Å². The second-order valence-electron chi connectivity index (χ2n) is 12.1. The average Bonchev–Trinajstić information content (AvgIpc) is 3.29. The van der Waals surface area contributed by atoms with Crippen LogP contribution in [0.2, 0.25) is 0 Å². The van der Waals surface area contributed by atoms with Crippen LogP contribution in [0, 0.1) is 5.41 Å². The Balaban J connectivity index is 0.00000353. The van der Waals surface area contributed by atoms with Crippen LogP contribution in [0.25, 0.3) is 11.0 Å². The Morgan fingerprint density at radius 2 is 1.51 bits per heavy atom. The number of amides is 1. The number of nitrogens with zero attached hydrogens (tertiary/aromatic N) is 3. The molecule has 1 N–H and O–H groups in total. The number of hydrogen-bond donors (Lipinski definition) is 1. The second-order valence-corrected chi connectivity index (χ2v) is 12.1. The van der Waals surface area contributed by atoms with Crippen molar-refractivity contribution < 1.29 is 9.59 Å². The first-order valence-corrected chi connectivity index (χ1v) is 13.2. The maximum atomic E-state index is 13.9. The lowest BCUT2D eigenvalue weighted by atomic mass is 9.79. The van der Waals surface area contributed by atoms with Crippen molar-refractivity contribution in [1.82, 2.24) is 9.13 Å². The summed E-state index contributed by atoms with van der Waals surface area (Å²) in [6.45, 7) is 13.4. The van der Waals surface area contributed by atoms with E-state index in [1.807, 2.05) is 76.2 Å². The van der Waals surface area contributed by atoms with Crippen molar-refractivity contribution >= 4 is 45.4 Å². The summed E-state index contributed by atoms with van der Waals surface area (Å²) < 4.78 is 3.76. The molecule has 0 saturated carbocycles. The van der Waals surface area contributed by atoms with E-state index in [1.54, 1.807) is 11.5 Å². The van der Waals surface area contributed by atoms with E-state index in [0.29, 0.717) is 24.3 Å². The van der Waals surface area contributed by atoms with Gasteiger partial charge in [-0.3, -0.25) is 15.0 Å². The fourth-order valence-corrected chi connectivity index (χ4v) is 5.62. The van der Waals surface area contributed by atoms with E-state index in [-0.39, 0.29) is 46.0 Å². The van der Waals surface area contributed by atoms with Gasteiger partial charge in [0.1, 0.15) is 0 Å². The molecule has 1 aliphatic rings. The topological polar surface area (TPSA) is 71.1 Å². The summed E-state index contributed by atoms with van der Waals surface area (Å²) >= 11 is 0. The van der Waals surface area contributed by atoms with Crippen LogP contribution in [0.4, 0.5) is 5.69 Å². The number of carbonyl (C=O) groups is 2. The van der Waals surface area contributed by atoms with Crippen molar-refractivity contribution in [3.63, 3.8) is 0 Å². The fraction of sp³-hybridized carbons (Fsp3) is 0.344. The monoisotopic (exact) mass is 588 g/mol. The predicted molar refractivity (Wildman–Crippen MR) is 162 cm³/mol. The first-order chi connectivity index (χ1) is 17.9. The zero-order valence-electron chi connectivity index (χ0n) is 23.5. The molecule has 0 unspecified atom stereocenters. The summed E-state index contributed by atoms with van der Waals surface area (Å²) in [5.74, 6) is -0.0291. The van der Waals surface area contributed by atoms with Gasteiger partial charge >= 0.3 is 0 Å². The zero-order chi connectivity index (χ0) is 27.4. The number of imidazole rings is 1. The molecule has 2 heterocycles. The maximum absolute atomic E-state index is 13.9. The quantitative estimate of drug-likeness (QED) is 0.275. The van der Waals surface area contributed by atoms with Gasteiger partial charge in [0.25, 0.3) is 0 Å². The zero-order valence-corrected chi connectivity index (χ0v) is 25.3.